The summed E-state index contributed by atoms with van der Waals surface area (Å²) in [6.07, 6.45) is -4.35. The molecular weight excluding hydrogens is 829 g/mol. The van der Waals surface area contributed by atoms with Gasteiger partial charge in [0.2, 0.25) is 0 Å². The summed E-state index contributed by atoms with van der Waals surface area (Å²) in [4.78, 5) is 103. The summed E-state index contributed by atoms with van der Waals surface area (Å²) in [5.74, 6) is -2.89. The molecule has 15 nitrogen and oxygen atoms in total. The van der Waals surface area contributed by atoms with Crippen LogP contribution in [0.5, 0.6) is 0 Å². The molecule has 3 aromatic rings. The Morgan fingerprint density at radius 1 is 0.433 bits per heavy atom. The maximum absolute atomic E-state index is 12.5. The van der Waals surface area contributed by atoms with E-state index in [-0.39, 0.29) is 23.1 Å². The van der Waals surface area contributed by atoms with Crippen LogP contribution in [-0.4, -0.2) is 84.8 Å². The van der Waals surface area contributed by atoms with Gasteiger partial charge < -0.3 is 14.2 Å². The van der Waals surface area contributed by atoms with E-state index in [1.807, 2.05) is 41.5 Å². The first-order chi connectivity index (χ1) is 28.6. The molecule has 0 aromatic heterocycles. The van der Waals surface area contributed by atoms with Gasteiger partial charge in [0.1, 0.15) is 19.8 Å². The average Bonchev–Trinajstić information content (AvgIpc) is 3.24. The third-order valence-corrected chi connectivity index (χ3v) is 14.5. The number of ether oxygens (including phenoxy) is 3. The molecular formula is C42H50O15Si3. The minimum absolute atomic E-state index is 0.00736. The highest BCUT2D eigenvalue weighted by Crippen LogP contribution is 2.25. The Balaban J connectivity index is 1.60. The lowest BCUT2D eigenvalue weighted by atomic mass is 9.88. The number of carbonyl (C=O) groups excluding carboxylic acids is 6. The van der Waals surface area contributed by atoms with E-state index in [0.29, 0.717) is 0 Å². The van der Waals surface area contributed by atoms with Crippen molar-refractivity contribution in [2.45, 2.75) is 54.9 Å². The van der Waals surface area contributed by atoms with Crippen LogP contribution in [0.2, 0.25) is 0 Å². The Kier molecular flexibility index (Phi) is 19.7. The molecule has 0 spiro atoms. The van der Waals surface area contributed by atoms with Gasteiger partial charge in [-0.2, -0.15) is 14.4 Å². The van der Waals surface area contributed by atoms with Crippen LogP contribution < -0.4 is 15.6 Å². The van der Waals surface area contributed by atoms with Crippen molar-refractivity contribution in [1.82, 2.24) is 0 Å². The maximum Gasteiger partial charge on any atom is 0.549 e. The summed E-state index contributed by atoms with van der Waals surface area (Å²) in [5, 5.41) is 3.25. The molecule has 0 saturated heterocycles. The van der Waals surface area contributed by atoms with Crippen LogP contribution in [0.4, 0.5) is 14.4 Å². The van der Waals surface area contributed by atoms with Crippen molar-refractivity contribution >= 4 is 80.5 Å². The largest absolute Gasteiger partial charge is 0.549 e. The lowest BCUT2D eigenvalue weighted by Gasteiger charge is -2.29. The summed E-state index contributed by atoms with van der Waals surface area (Å²) in [5.41, 5.74) is 8.95. The highest BCUT2D eigenvalue weighted by molar-refractivity contribution is 6.59. The quantitative estimate of drug-likeness (QED) is 0.0651. The monoisotopic (exact) mass is 878 g/mol. The van der Waals surface area contributed by atoms with Gasteiger partial charge in [0.15, 0.2) is 0 Å². The number of rotatable bonds is 16. The topological polar surface area (TPSA) is 185 Å². The lowest BCUT2D eigenvalue weighted by Crippen LogP contribution is -2.39. The molecule has 320 valence electrons. The Bertz CT molecular complexity index is 1800. The highest BCUT2D eigenvalue weighted by atomic mass is 28.2. The van der Waals surface area contributed by atoms with Crippen molar-refractivity contribution in [3.8, 4) is 0 Å². The van der Waals surface area contributed by atoms with Crippen LogP contribution in [0, 0.1) is 5.41 Å². The second kappa shape index (κ2) is 24.6. The fourth-order valence-electron chi connectivity index (χ4n) is 4.80. The number of carbonyl (C=O) groups is 6. The minimum Gasteiger partial charge on any atom is -0.431 e. The molecule has 0 atom stereocenters. The van der Waals surface area contributed by atoms with Crippen LogP contribution >= 0.6 is 0 Å². The van der Waals surface area contributed by atoms with Crippen LogP contribution in [-0.2, 0) is 43.5 Å². The Morgan fingerprint density at radius 2 is 0.683 bits per heavy atom. The van der Waals surface area contributed by atoms with Crippen LogP contribution in [0.25, 0.3) is 0 Å². The van der Waals surface area contributed by atoms with Gasteiger partial charge in [0, 0.05) is 0 Å². The number of allylic oxidation sites excluding steroid dienone is 3. The molecule has 0 aliphatic carbocycles. The van der Waals surface area contributed by atoms with Crippen molar-refractivity contribution in [2.24, 2.45) is 5.41 Å². The first-order valence-electron chi connectivity index (χ1n) is 18.9. The molecule has 0 N–H and O–H groups in total. The highest BCUT2D eigenvalue weighted by Gasteiger charge is 2.36. The smallest absolute Gasteiger partial charge is 0.431 e. The average molecular weight is 879 g/mol. The van der Waals surface area contributed by atoms with E-state index < -0.39 is 90.2 Å². The molecule has 0 heterocycles. The third-order valence-electron chi connectivity index (χ3n) is 8.60. The van der Waals surface area contributed by atoms with Crippen molar-refractivity contribution < 1.29 is 72.3 Å². The summed E-state index contributed by atoms with van der Waals surface area (Å²) in [6, 6.07) is 19.9. The summed E-state index contributed by atoms with van der Waals surface area (Å²) < 4.78 is 15.4. The molecule has 0 fully saturated rings. The number of hydrogen-bond acceptors (Lipinski definition) is 15. The standard InChI is InChI=1S/C42H50O15Si3/c1-8-42(24-49-39(46)55-52-36(43)30-9-15-33(16-10-30)58-21-27(2)3,25-50-40(47)56-53-37(44)31-11-17-34(18-12-31)59-22-28(4)5)26-51-41(48)57-54-38(45)32-13-19-35(20-14-32)60-23-29(6)7/h9-23H,8,24-26,58-60H2,1-7H3. The summed E-state index contributed by atoms with van der Waals surface area (Å²) in [6.45, 7) is 11.7. The first kappa shape index (κ1) is 48.1. The van der Waals surface area contributed by atoms with Gasteiger partial charge in [0.05, 0.1) is 50.7 Å². The molecule has 0 radical (unpaired) electrons. The molecule has 0 bridgehead atoms. The van der Waals surface area contributed by atoms with Crippen LogP contribution in [0.3, 0.4) is 0 Å². The molecule has 0 unspecified atom stereocenters. The summed E-state index contributed by atoms with van der Waals surface area (Å²) >= 11 is 0. The number of benzene rings is 3. The normalized spacial score (nSPS) is 11.8. The zero-order valence-corrected chi connectivity index (χ0v) is 39.0. The molecule has 18 heteroatoms. The van der Waals surface area contributed by atoms with Gasteiger partial charge >= 0.3 is 36.4 Å². The van der Waals surface area contributed by atoms with Crippen molar-refractivity contribution in [3.63, 3.8) is 0 Å². The second-order valence-electron chi connectivity index (χ2n) is 14.4. The van der Waals surface area contributed by atoms with Gasteiger partial charge in [-0.3, -0.25) is 0 Å². The van der Waals surface area contributed by atoms with Crippen molar-refractivity contribution in [1.29, 1.82) is 0 Å². The van der Waals surface area contributed by atoms with E-state index in [4.69, 9.17) is 14.2 Å². The lowest BCUT2D eigenvalue weighted by molar-refractivity contribution is -0.217. The Hall–Kier alpha value is -6.25. The molecule has 0 aliphatic heterocycles. The van der Waals surface area contributed by atoms with Gasteiger partial charge in [-0.1, -0.05) is 92.7 Å². The fourth-order valence-corrected chi connectivity index (χ4v) is 8.25. The van der Waals surface area contributed by atoms with Gasteiger partial charge in [-0.25, -0.2) is 43.7 Å². The van der Waals surface area contributed by atoms with E-state index in [1.54, 1.807) is 43.3 Å². The zero-order chi connectivity index (χ0) is 44.1. The fraction of sp³-hybridized carbons (Fsp3) is 0.286. The van der Waals surface area contributed by atoms with Crippen LogP contribution in [0.15, 0.2) is 107 Å². The molecule has 60 heavy (non-hydrogen) atoms. The zero-order valence-electron chi connectivity index (χ0n) is 34.7. The molecule has 3 aromatic carbocycles. The molecule has 0 saturated carbocycles. The Morgan fingerprint density at radius 3 is 0.900 bits per heavy atom. The van der Waals surface area contributed by atoms with E-state index >= 15 is 0 Å². The summed E-state index contributed by atoms with van der Waals surface area (Å²) in [7, 11) is -1.97. The van der Waals surface area contributed by atoms with Crippen molar-refractivity contribution in [2.75, 3.05) is 19.8 Å². The van der Waals surface area contributed by atoms with Gasteiger partial charge in [-0.05, 0) is 84.4 Å². The molecule has 3 rings (SSSR count). The van der Waals surface area contributed by atoms with Crippen LogP contribution in [0.1, 0.15) is 86.0 Å². The van der Waals surface area contributed by atoms with E-state index in [2.05, 4.69) is 46.4 Å². The first-order valence-corrected chi connectivity index (χ1v) is 23.5. The predicted octanol–water partition coefficient (Wildman–Crippen LogP) is 4.31. The predicted molar refractivity (Wildman–Crippen MR) is 228 cm³/mol. The molecule has 0 amide bonds. The van der Waals surface area contributed by atoms with E-state index in [9.17, 15) is 28.8 Å². The second-order valence-corrected chi connectivity index (χ2v) is 19.3. The van der Waals surface area contributed by atoms with Gasteiger partial charge in [-0.15, -0.1) is 0 Å². The third kappa shape index (κ3) is 17.7. The van der Waals surface area contributed by atoms with E-state index in [1.165, 1.54) is 53.1 Å². The maximum atomic E-state index is 12.5. The minimum atomic E-state index is -1.52. The van der Waals surface area contributed by atoms with E-state index in [0.717, 1.165) is 15.6 Å². The Labute approximate surface area is 355 Å². The van der Waals surface area contributed by atoms with Crippen molar-refractivity contribution in [3.05, 3.63) is 123 Å². The van der Waals surface area contributed by atoms with Gasteiger partial charge in [0.25, 0.3) is 0 Å². The SMILES string of the molecule is CCC(COC(=O)OOC(=O)c1ccc([SiH2]C=C(C)C)cc1)(COC(=O)OOC(=O)c1ccc([SiH2]C=C(C)C)cc1)COC(=O)OOC(=O)c1ccc([SiH2]C=C(C)C)cc1. The molecule has 0 aliphatic rings. The number of hydrogen-bond donors (Lipinski definition) is 0.